The first-order valence-corrected chi connectivity index (χ1v) is 7.92. The molecule has 3 N–H and O–H groups in total. The summed E-state index contributed by atoms with van der Waals surface area (Å²) < 4.78 is 0.707. The number of likely N-dealkylation sites (tertiary alicyclic amines) is 1. The predicted octanol–water partition coefficient (Wildman–Crippen LogP) is 2.62. The Morgan fingerprint density at radius 2 is 2.24 bits per heavy atom. The lowest BCUT2D eigenvalue weighted by atomic mass is 9.97. The van der Waals surface area contributed by atoms with Gasteiger partial charge in [0.05, 0.1) is 10.6 Å². The molecule has 114 valence electrons. The lowest BCUT2D eigenvalue weighted by molar-refractivity contribution is 0.0675. The third-order valence-corrected chi connectivity index (χ3v) is 4.85. The van der Waals surface area contributed by atoms with Gasteiger partial charge in [0.2, 0.25) is 0 Å². The topological polar surface area (TPSA) is 75.4 Å². The van der Waals surface area contributed by atoms with Gasteiger partial charge in [0.25, 0.3) is 5.91 Å². The molecule has 0 aliphatic carbocycles. The molecule has 1 aliphatic heterocycles. The lowest BCUT2D eigenvalue weighted by Gasteiger charge is -2.33. The van der Waals surface area contributed by atoms with Crippen LogP contribution in [0, 0.1) is 5.92 Å². The van der Waals surface area contributed by atoms with Gasteiger partial charge >= 0.3 is 6.03 Å². The molecule has 0 aromatic heterocycles. The van der Waals surface area contributed by atoms with Crippen molar-refractivity contribution in [3.63, 3.8) is 0 Å². The van der Waals surface area contributed by atoms with Gasteiger partial charge in [0.1, 0.15) is 0 Å². The number of carbonyl (C=O) groups is 2. The summed E-state index contributed by atoms with van der Waals surface area (Å²) in [5.74, 6) is 0.145. The first kappa shape index (κ1) is 16.1. The summed E-state index contributed by atoms with van der Waals surface area (Å²) in [6.45, 7) is 1.79. The molecular formula is C14H17BrClN3O2. The van der Waals surface area contributed by atoms with Crippen molar-refractivity contribution < 1.29 is 9.59 Å². The molecular weight excluding hydrogens is 358 g/mol. The molecule has 1 heterocycles. The molecule has 21 heavy (non-hydrogen) atoms. The average molecular weight is 375 g/mol. The van der Waals surface area contributed by atoms with Crippen molar-refractivity contribution in [2.45, 2.75) is 12.8 Å². The number of hydrogen-bond acceptors (Lipinski definition) is 2. The minimum absolute atomic E-state index is 0.0786. The number of benzene rings is 1. The van der Waals surface area contributed by atoms with Crippen molar-refractivity contribution in [3.8, 4) is 0 Å². The van der Waals surface area contributed by atoms with Gasteiger partial charge in [-0.1, -0.05) is 17.7 Å². The second-order valence-electron chi connectivity index (χ2n) is 5.11. The Morgan fingerprint density at radius 1 is 1.48 bits per heavy atom. The van der Waals surface area contributed by atoms with E-state index in [0.717, 1.165) is 12.8 Å². The zero-order valence-corrected chi connectivity index (χ0v) is 13.8. The van der Waals surface area contributed by atoms with E-state index in [2.05, 4.69) is 21.2 Å². The molecule has 0 spiro atoms. The van der Waals surface area contributed by atoms with Crippen LogP contribution in [0.5, 0.6) is 0 Å². The zero-order chi connectivity index (χ0) is 15.4. The average Bonchev–Trinajstić information content (AvgIpc) is 2.47. The summed E-state index contributed by atoms with van der Waals surface area (Å²) in [5, 5.41) is 3.03. The van der Waals surface area contributed by atoms with Gasteiger partial charge in [-0.05, 0) is 46.8 Å². The highest BCUT2D eigenvalue weighted by Crippen LogP contribution is 2.28. The minimum atomic E-state index is -0.534. The van der Waals surface area contributed by atoms with Gasteiger partial charge in [0.15, 0.2) is 0 Å². The van der Waals surface area contributed by atoms with E-state index in [9.17, 15) is 9.59 Å². The van der Waals surface area contributed by atoms with Crippen LogP contribution >= 0.6 is 27.5 Å². The van der Waals surface area contributed by atoms with Crippen LogP contribution < -0.4 is 11.1 Å². The van der Waals surface area contributed by atoms with E-state index in [0.29, 0.717) is 34.7 Å². The number of primary amides is 1. The highest BCUT2D eigenvalue weighted by atomic mass is 79.9. The monoisotopic (exact) mass is 373 g/mol. The number of nitrogens with zero attached hydrogens (tertiary/aromatic N) is 1. The first-order valence-electron chi connectivity index (χ1n) is 6.75. The van der Waals surface area contributed by atoms with Gasteiger partial charge in [-0.2, -0.15) is 0 Å². The Labute approximate surface area is 136 Å². The molecule has 0 bridgehead atoms. The summed E-state index contributed by atoms with van der Waals surface area (Å²) in [6.07, 6.45) is 1.87. The Kier molecular flexibility index (Phi) is 5.47. The number of nitrogens with two attached hydrogens (primary N) is 1. The number of hydrogen-bond donors (Lipinski definition) is 2. The molecule has 7 heteroatoms. The maximum Gasteiger partial charge on any atom is 0.312 e. The maximum atomic E-state index is 12.6. The Morgan fingerprint density at radius 3 is 2.95 bits per heavy atom. The number of nitrogens with one attached hydrogen (secondary N) is 1. The van der Waals surface area contributed by atoms with Gasteiger partial charge in [-0.3, -0.25) is 4.79 Å². The Hall–Kier alpha value is -1.27. The van der Waals surface area contributed by atoms with Gasteiger partial charge in [0, 0.05) is 24.1 Å². The van der Waals surface area contributed by atoms with Crippen molar-refractivity contribution >= 4 is 39.5 Å². The number of rotatable bonds is 3. The number of carbonyl (C=O) groups excluding carboxylic acids is 2. The number of urea groups is 1. The number of halogens is 2. The van der Waals surface area contributed by atoms with Crippen molar-refractivity contribution in [2.75, 3.05) is 19.6 Å². The molecule has 0 saturated carbocycles. The van der Waals surface area contributed by atoms with Crippen LogP contribution in [0.3, 0.4) is 0 Å². The van der Waals surface area contributed by atoms with E-state index in [1.165, 1.54) is 0 Å². The van der Waals surface area contributed by atoms with E-state index in [4.69, 9.17) is 17.3 Å². The van der Waals surface area contributed by atoms with Crippen molar-refractivity contribution in [1.29, 1.82) is 0 Å². The van der Waals surface area contributed by atoms with Crippen molar-refractivity contribution in [2.24, 2.45) is 11.7 Å². The molecule has 1 aromatic rings. The van der Waals surface area contributed by atoms with Crippen LogP contribution in [-0.2, 0) is 0 Å². The predicted molar refractivity (Wildman–Crippen MR) is 85.4 cm³/mol. The molecule has 2 rings (SSSR count). The third-order valence-electron chi connectivity index (χ3n) is 3.55. The molecule has 0 radical (unpaired) electrons. The molecule has 3 amide bonds. The summed E-state index contributed by atoms with van der Waals surface area (Å²) in [4.78, 5) is 25.1. The molecule has 1 unspecified atom stereocenters. The van der Waals surface area contributed by atoms with Gasteiger partial charge < -0.3 is 16.0 Å². The largest absolute Gasteiger partial charge is 0.352 e. The molecule has 1 fully saturated rings. The van der Waals surface area contributed by atoms with E-state index in [1.807, 2.05) is 0 Å². The summed E-state index contributed by atoms with van der Waals surface area (Å²) in [6, 6.07) is 4.78. The first-order chi connectivity index (χ1) is 9.99. The highest BCUT2D eigenvalue weighted by Gasteiger charge is 2.26. The molecule has 1 saturated heterocycles. The highest BCUT2D eigenvalue weighted by molar-refractivity contribution is 9.10. The van der Waals surface area contributed by atoms with Crippen molar-refractivity contribution in [3.05, 3.63) is 33.3 Å². The Bertz CT molecular complexity index is 553. The lowest BCUT2D eigenvalue weighted by Crippen LogP contribution is -2.44. The van der Waals surface area contributed by atoms with Crippen LogP contribution in [0.4, 0.5) is 4.79 Å². The summed E-state index contributed by atoms with van der Waals surface area (Å²) >= 11 is 9.51. The molecule has 1 aromatic carbocycles. The van der Waals surface area contributed by atoms with Crippen LogP contribution in [-0.4, -0.2) is 36.5 Å². The smallest absolute Gasteiger partial charge is 0.312 e. The maximum absolute atomic E-state index is 12.6. The fourth-order valence-corrected chi connectivity index (χ4v) is 3.07. The Balaban J connectivity index is 2.05. The number of piperidine rings is 1. The minimum Gasteiger partial charge on any atom is -0.352 e. The normalized spacial score (nSPS) is 18.4. The fraction of sp³-hybridized carbons (Fsp3) is 0.429. The van der Waals surface area contributed by atoms with E-state index in [1.54, 1.807) is 23.1 Å². The standard InChI is InChI=1S/C14H17BrClN3O2/c15-11-5-1-4-10(12(11)16)13(20)19-6-2-3-9(8-19)7-18-14(17)21/h1,4-5,9H,2-3,6-8H2,(H3,17,18,21). The fourth-order valence-electron chi connectivity index (χ4n) is 2.50. The van der Waals surface area contributed by atoms with Crippen LogP contribution in [0.2, 0.25) is 5.02 Å². The quantitative estimate of drug-likeness (QED) is 0.853. The summed E-state index contributed by atoms with van der Waals surface area (Å²) in [7, 11) is 0. The van der Waals surface area contributed by atoms with Crippen LogP contribution in [0.15, 0.2) is 22.7 Å². The molecule has 1 atom stereocenters. The van der Waals surface area contributed by atoms with E-state index >= 15 is 0 Å². The zero-order valence-electron chi connectivity index (χ0n) is 11.4. The third kappa shape index (κ3) is 4.11. The van der Waals surface area contributed by atoms with Crippen LogP contribution in [0.25, 0.3) is 0 Å². The van der Waals surface area contributed by atoms with Crippen LogP contribution in [0.1, 0.15) is 23.2 Å². The second kappa shape index (κ2) is 7.13. The SMILES string of the molecule is NC(=O)NCC1CCCN(C(=O)c2cccc(Br)c2Cl)C1. The van der Waals surface area contributed by atoms with E-state index < -0.39 is 6.03 Å². The van der Waals surface area contributed by atoms with E-state index in [-0.39, 0.29) is 11.8 Å². The second-order valence-corrected chi connectivity index (χ2v) is 6.34. The summed E-state index contributed by atoms with van der Waals surface area (Å²) in [5.41, 5.74) is 5.57. The molecule has 1 aliphatic rings. The molecule has 5 nitrogen and oxygen atoms in total. The van der Waals surface area contributed by atoms with Gasteiger partial charge in [-0.25, -0.2) is 4.79 Å². The number of amides is 3. The van der Waals surface area contributed by atoms with Gasteiger partial charge in [-0.15, -0.1) is 0 Å². The van der Waals surface area contributed by atoms with Crippen molar-refractivity contribution in [1.82, 2.24) is 10.2 Å².